The van der Waals surface area contributed by atoms with Gasteiger partial charge in [-0.1, -0.05) is 36.4 Å². The molecule has 4 rings (SSSR count). The molecular weight excluding hydrogens is 352 g/mol. The smallest absolute Gasteiger partial charge is 0.245 e. The Morgan fingerprint density at radius 3 is 2.43 bits per heavy atom. The van der Waals surface area contributed by atoms with Crippen molar-refractivity contribution >= 4 is 5.95 Å². The van der Waals surface area contributed by atoms with E-state index < -0.39 is 0 Å². The highest BCUT2D eigenvalue weighted by Gasteiger charge is 2.23. The maximum atomic E-state index is 6.16. The van der Waals surface area contributed by atoms with Gasteiger partial charge in [-0.2, -0.15) is 5.10 Å². The summed E-state index contributed by atoms with van der Waals surface area (Å²) in [6.07, 6.45) is 3.68. The lowest BCUT2D eigenvalue weighted by molar-refractivity contribution is 0.164. The number of hydrogen-bond acceptors (Lipinski definition) is 6. The van der Waals surface area contributed by atoms with Crippen LogP contribution in [0.4, 0.5) is 5.95 Å². The van der Waals surface area contributed by atoms with Gasteiger partial charge >= 0.3 is 0 Å². The van der Waals surface area contributed by atoms with Gasteiger partial charge in [0.05, 0.1) is 19.0 Å². The minimum Gasteiger partial charge on any atom is -0.493 e. The molecule has 0 bridgehead atoms. The van der Waals surface area contributed by atoms with Gasteiger partial charge in [-0.15, -0.1) is 5.10 Å². The Morgan fingerprint density at radius 2 is 1.68 bits per heavy atom. The first-order valence-corrected chi connectivity index (χ1v) is 9.55. The molecular formula is C22H24N4O2. The Bertz CT molecular complexity index is 939. The number of rotatable bonds is 5. The number of ether oxygens (including phenoxy) is 2. The highest BCUT2D eigenvalue weighted by Crippen LogP contribution is 2.29. The molecule has 6 nitrogen and oxygen atoms in total. The average molecular weight is 376 g/mol. The molecule has 1 fully saturated rings. The van der Waals surface area contributed by atoms with E-state index in [9.17, 15) is 0 Å². The van der Waals surface area contributed by atoms with E-state index in [2.05, 4.69) is 34.2 Å². The molecule has 1 aromatic heterocycles. The standard InChI is InChI=1S/C22H24N4O2/c1-16-7-3-4-8-18(16)19-15-23-25-22(24-19)26-13-11-17(12-14-26)28-21-10-6-5-9-20(21)27-2/h3-10,15,17H,11-14H2,1-2H3. The van der Waals surface area contributed by atoms with Gasteiger partial charge in [0.2, 0.25) is 5.95 Å². The van der Waals surface area contributed by atoms with Gasteiger partial charge in [-0.25, -0.2) is 4.98 Å². The lowest BCUT2D eigenvalue weighted by atomic mass is 10.1. The monoisotopic (exact) mass is 376 g/mol. The van der Waals surface area contributed by atoms with Crippen molar-refractivity contribution in [1.82, 2.24) is 15.2 Å². The number of piperidine rings is 1. The SMILES string of the molecule is COc1ccccc1OC1CCN(c2nncc(-c3ccccc3C)n2)CC1. The summed E-state index contributed by atoms with van der Waals surface area (Å²) < 4.78 is 11.5. The van der Waals surface area contributed by atoms with Crippen LogP contribution in [0.5, 0.6) is 11.5 Å². The van der Waals surface area contributed by atoms with Crippen LogP contribution in [0.3, 0.4) is 0 Å². The molecule has 0 aliphatic carbocycles. The number of aryl methyl sites for hydroxylation is 1. The van der Waals surface area contributed by atoms with Crippen molar-refractivity contribution in [2.75, 3.05) is 25.1 Å². The van der Waals surface area contributed by atoms with Crippen LogP contribution in [0, 0.1) is 6.92 Å². The van der Waals surface area contributed by atoms with Crippen molar-refractivity contribution < 1.29 is 9.47 Å². The quantitative estimate of drug-likeness (QED) is 0.673. The largest absolute Gasteiger partial charge is 0.493 e. The van der Waals surface area contributed by atoms with E-state index in [4.69, 9.17) is 14.5 Å². The summed E-state index contributed by atoms with van der Waals surface area (Å²) in [5, 5.41) is 8.44. The number of benzene rings is 2. The van der Waals surface area contributed by atoms with Gasteiger partial charge < -0.3 is 14.4 Å². The fourth-order valence-electron chi connectivity index (χ4n) is 3.49. The van der Waals surface area contributed by atoms with Crippen LogP contribution in [0.25, 0.3) is 11.3 Å². The topological polar surface area (TPSA) is 60.4 Å². The molecule has 0 unspecified atom stereocenters. The first kappa shape index (κ1) is 18.2. The first-order chi connectivity index (χ1) is 13.7. The molecule has 0 spiro atoms. The number of methoxy groups -OCH3 is 1. The van der Waals surface area contributed by atoms with Gasteiger partial charge in [0.1, 0.15) is 6.10 Å². The second-order valence-electron chi connectivity index (χ2n) is 6.91. The second kappa shape index (κ2) is 8.25. The van der Waals surface area contributed by atoms with Crippen LogP contribution in [-0.4, -0.2) is 41.5 Å². The van der Waals surface area contributed by atoms with E-state index in [-0.39, 0.29) is 6.10 Å². The number of aromatic nitrogens is 3. The lowest BCUT2D eigenvalue weighted by Crippen LogP contribution is -2.39. The summed E-state index contributed by atoms with van der Waals surface area (Å²) in [5.41, 5.74) is 3.13. The zero-order chi connectivity index (χ0) is 19.3. The Labute approximate surface area is 165 Å². The van der Waals surface area contributed by atoms with Crippen molar-refractivity contribution in [3.05, 3.63) is 60.3 Å². The van der Waals surface area contributed by atoms with E-state index in [1.165, 1.54) is 5.56 Å². The van der Waals surface area contributed by atoms with E-state index >= 15 is 0 Å². The normalized spacial score (nSPS) is 14.7. The zero-order valence-corrected chi connectivity index (χ0v) is 16.2. The summed E-state index contributed by atoms with van der Waals surface area (Å²) in [4.78, 5) is 6.93. The third kappa shape index (κ3) is 3.91. The second-order valence-corrected chi connectivity index (χ2v) is 6.91. The maximum Gasteiger partial charge on any atom is 0.245 e. The van der Waals surface area contributed by atoms with Gasteiger partial charge in [0, 0.05) is 31.5 Å². The average Bonchev–Trinajstić information content (AvgIpc) is 2.75. The molecule has 144 valence electrons. The lowest BCUT2D eigenvalue weighted by Gasteiger charge is -2.32. The van der Waals surface area contributed by atoms with Crippen molar-refractivity contribution in [1.29, 1.82) is 0 Å². The molecule has 2 aromatic carbocycles. The zero-order valence-electron chi connectivity index (χ0n) is 16.2. The summed E-state index contributed by atoms with van der Waals surface area (Å²) in [6.45, 7) is 3.75. The number of para-hydroxylation sites is 2. The molecule has 1 saturated heterocycles. The van der Waals surface area contributed by atoms with Crippen LogP contribution in [0.2, 0.25) is 0 Å². The number of hydrogen-bond donors (Lipinski definition) is 0. The van der Waals surface area contributed by atoms with Crippen LogP contribution >= 0.6 is 0 Å². The molecule has 3 aromatic rings. The Balaban J connectivity index is 1.43. The highest BCUT2D eigenvalue weighted by molar-refractivity contribution is 5.63. The summed E-state index contributed by atoms with van der Waals surface area (Å²) in [6, 6.07) is 16.0. The maximum absolute atomic E-state index is 6.16. The number of nitrogens with zero attached hydrogens (tertiary/aromatic N) is 4. The van der Waals surface area contributed by atoms with Crippen LogP contribution in [-0.2, 0) is 0 Å². The van der Waals surface area contributed by atoms with Crippen molar-refractivity contribution in [3.63, 3.8) is 0 Å². The first-order valence-electron chi connectivity index (χ1n) is 9.55. The minimum absolute atomic E-state index is 0.153. The third-order valence-electron chi connectivity index (χ3n) is 5.06. The van der Waals surface area contributed by atoms with E-state index in [0.29, 0.717) is 5.95 Å². The molecule has 2 heterocycles. The molecule has 0 amide bonds. The van der Waals surface area contributed by atoms with Gasteiger partial charge in [-0.05, 0) is 24.6 Å². The van der Waals surface area contributed by atoms with Crippen LogP contribution in [0.1, 0.15) is 18.4 Å². The van der Waals surface area contributed by atoms with Crippen LogP contribution < -0.4 is 14.4 Å². The predicted molar refractivity (Wildman–Crippen MR) is 109 cm³/mol. The molecule has 0 atom stereocenters. The molecule has 1 aliphatic heterocycles. The molecule has 28 heavy (non-hydrogen) atoms. The fourth-order valence-corrected chi connectivity index (χ4v) is 3.49. The van der Waals surface area contributed by atoms with Crippen molar-refractivity contribution in [2.45, 2.75) is 25.9 Å². The van der Waals surface area contributed by atoms with Crippen molar-refractivity contribution in [3.8, 4) is 22.8 Å². The minimum atomic E-state index is 0.153. The van der Waals surface area contributed by atoms with Crippen LogP contribution in [0.15, 0.2) is 54.7 Å². The molecule has 0 saturated carbocycles. The molecule has 1 aliphatic rings. The van der Waals surface area contributed by atoms with Gasteiger partial charge in [0.25, 0.3) is 0 Å². The Hall–Kier alpha value is -3.15. The summed E-state index contributed by atoms with van der Waals surface area (Å²) in [5.74, 6) is 2.24. The van der Waals surface area contributed by atoms with E-state index in [1.807, 2.05) is 36.4 Å². The fraction of sp³-hybridized carbons (Fsp3) is 0.318. The van der Waals surface area contributed by atoms with Gasteiger partial charge in [0.15, 0.2) is 11.5 Å². The van der Waals surface area contributed by atoms with E-state index in [1.54, 1.807) is 13.3 Å². The van der Waals surface area contributed by atoms with Crippen molar-refractivity contribution in [2.24, 2.45) is 0 Å². The third-order valence-corrected chi connectivity index (χ3v) is 5.06. The Morgan fingerprint density at radius 1 is 0.964 bits per heavy atom. The van der Waals surface area contributed by atoms with E-state index in [0.717, 1.165) is 48.7 Å². The molecule has 0 radical (unpaired) electrons. The highest BCUT2D eigenvalue weighted by atomic mass is 16.5. The summed E-state index contributed by atoms with van der Waals surface area (Å²) >= 11 is 0. The predicted octanol–water partition coefficient (Wildman–Crippen LogP) is 3.90. The Kier molecular flexibility index (Phi) is 5.37. The molecule has 6 heteroatoms. The number of anilines is 1. The van der Waals surface area contributed by atoms with Gasteiger partial charge in [-0.3, -0.25) is 0 Å². The summed E-state index contributed by atoms with van der Waals surface area (Å²) in [7, 11) is 1.66. The molecule has 0 N–H and O–H groups in total.